The van der Waals surface area contributed by atoms with E-state index < -0.39 is 0 Å². The average Bonchev–Trinajstić information content (AvgIpc) is 3.36. The van der Waals surface area contributed by atoms with Crippen LogP contribution in [0.2, 0.25) is 0 Å². The van der Waals surface area contributed by atoms with Crippen LogP contribution in [0.3, 0.4) is 0 Å². The fraction of sp³-hybridized carbons (Fsp3) is 0.348. The third-order valence-corrected chi connectivity index (χ3v) is 6.50. The molecule has 2 aromatic carbocycles. The molecular weight excluding hydrogens is 415 g/mol. The van der Waals surface area contributed by atoms with Gasteiger partial charge in [0.15, 0.2) is 0 Å². The van der Waals surface area contributed by atoms with Gasteiger partial charge in [0.1, 0.15) is 11.5 Å². The van der Waals surface area contributed by atoms with Gasteiger partial charge < -0.3 is 9.64 Å². The molecule has 160 valence electrons. The second kappa shape index (κ2) is 8.45. The number of carbonyl (C=O) groups is 1. The summed E-state index contributed by atoms with van der Waals surface area (Å²) in [4.78, 5) is 16.9. The van der Waals surface area contributed by atoms with Crippen LogP contribution in [-0.4, -0.2) is 53.2 Å². The van der Waals surface area contributed by atoms with Crippen molar-refractivity contribution in [3.8, 4) is 11.3 Å². The van der Waals surface area contributed by atoms with Crippen molar-refractivity contribution in [1.82, 2.24) is 14.5 Å². The zero-order valence-corrected chi connectivity index (χ0v) is 17.9. The van der Waals surface area contributed by atoms with Crippen LogP contribution in [0.4, 0.5) is 10.1 Å². The van der Waals surface area contributed by atoms with Gasteiger partial charge in [-0.25, -0.2) is 4.39 Å². The molecule has 1 atom stereocenters. The van der Waals surface area contributed by atoms with E-state index in [2.05, 4.69) is 38.8 Å². The Hall–Kier alpha value is -2.68. The quantitative estimate of drug-likeness (QED) is 0.623. The summed E-state index contributed by atoms with van der Waals surface area (Å²) in [6.45, 7) is 4.20. The number of benzene rings is 2. The molecule has 0 saturated carbocycles. The number of hydrogen-bond donors (Lipinski definition) is 0. The van der Waals surface area contributed by atoms with Crippen molar-refractivity contribution in [3.05, 3.63) is 65.3 Å². The number of rotatable bonds is 4. The van der Waals surface area contributed by atoms with Gasteiger partial charge in [0.2, 0.25) is 5.91 Å². The number of anilines is 1. The molecule has 0 bridgehead atoms. The van der Waals surface area contributed by atoms with Gasteiger partial charge in [-0.1, -0.05) is 28.8 Å². The lowest BCUT2D eigenvalue weighted by Gasteiger charge is -2.31. The van der Waals surface area contributed by atoms with Gasteiger partial charge in [0.25, 0.3) is 0 Å². The standard InChI is InChI=1S/C23H23FN4O2S/c24-19-5-7-20(8-6-19)28-15-23(11-22(28)29)14-27(9-10-30-16-23)12-17-1-3-18(4-2-17)21-13-31-26-25-21/h1-8,13H,9-12,14-16H2. The summed E-state index contributed by atoms with van der Waals surface area (Å²) in [5.74, 6) is -0.232. The lowest BCUT2D eigenvalue weighted by Crippen LogP contribution is -2.40. The molecular formula is C23H23FN4O2S. The van der Waals surface area contributed by atoms with Gasteiger partial charge in [-0.3, -0.25) is 9.69 Å². The fourth-order valence-corrected chi connectivity index (χ4v) is 4.97. The molecule has 1 unspecified atom stereocenters. The smallest absolute Gasteiger partial charge is 0.227 e. The van der Waals surface area contributed by atoms with Gasteiger partial charge in [-0.05, 0) is 41.4 Å². The topological polar surface area (TPSA) is 58.6 Å². The number of aromatic nitrogens is 2. The van der Waals surface area contributed by atoms with Crippen LogP contribution in [-0.2, 0) is 16.1 Å². The van der Waals surface area contributed by atoms with Crippen molar-refractivity contribution in [1.29, 1.82) is 0 Å². The molecule has 3 heterocycles. The van der Waals surface area contributed by atoms with E-state index in [1.807, 2.05) is 5.38 Å². The first-order valence-electron chi connectivity index (χ1n) is 10.3. The maximum atomic E-state index is 13.3. The zero-order valence-electron chi connectivity index (χ0n) is 17.0. The fourth-order valence-electron chi connectivity index (χ4n) is 4.50. The molecule has 2 aliphatic rings. The first-order chi connectivity index (χ1) is 15.1. The van der Waals surface area contributed by atoms with Crippen LogP contribution in [0.25, 0.3) is 11.3 Å². The highest BCUT2D eigenvalue weighted by Crippen LogP contribution is 2.37. The molecule has 5 rings (SSSR count). The Morgan fingerprint density at radius 2 is 1.90 bits per heavy atom. The molecule has 0 radical (unpaired) electrons. The Morgan fingerprint density at radius 1 is 1.10 bits per heavy atom. The van der Waals surface area contributed by atoms with Gasteiger partial charge >= 0.3 is 0 Å². The Kier molecular flexibility index (Phi) is 5.52. The van der Waals surface area contributed by atoms with E-state index in [4.69, 9.17) is 4.74 Å². The van der Waals surface area contributed by atoms with E-state index in [0.717, 1.165) is 36.6 Å². The van der Waals surface area contributed by atoms with E-state index in [9.17, 15) is 9.18 Å². The highest BCUT2D eigenvalue weighted by molar-refractivity contribution is 7.03. The van der Waals surface area contributed by atoms with E-state index in [-0.39, 0.29) is 17.1 Å². The molecule has 0 N–H and O–H groups in total. The largest absolute Gasteiger partial charge is 0.379 e. The predicted molar refractivity (Wildman–Crippen MR) is 117 cm³/mol. The maximum absolute atomic E-state index is 13.3. The molecule has 2 fully saturated rings. The van der Waals surface area contributed by atoms with Crippen LogP contribution in [0.15, 0.2) is 53.9 Å². The van der Waals surface area contributed by atoms with Crippen LogP contribution in [0.5, 0.6) is 0 Å². The van der Waals surface area contributed by atoms with Crippen LogP contribution < -0.4 is 4.90 Å². The number of hydrogen-bond acceptors (Lipinski definition) is 6. The third kappa shape index (κ3) is 4.37. The molecule has 6 nitrogen and oxygen atoms in total. The first-order valence-corrected chi connectivity index (χ1v) is 11.2. The number of ether oxygens (including phenoxy) is 1. The Labute approximate surface area is 184 Å². The van der Waals surface area contributed by atoms with E-state index >= 15 is 0 Å². The summed E-state index contributed by atoms with van der Waals surface area (Å²) in [5.41, 5.74) is 3.65. The van der Waals surface area contributed by atoms with Crippen molar-refractivity contribution in [2.45, 2.75) is 13.0 Å². The lowest BCUT2D eigenvalue weighted by molar-refractivity contribution is -0.118. The average molecular weight is 439 g/mol. The molecule has 31 heavy (non-hydrogen) atoms. The molecule has 1 amide bonds. The Morgan fingerprint density at radius 3 is 2.65 bits per heavy atom. The second-order valence-corrected chi connectivity index (χ2v) is 8.99. The van der Waals surface area contributed by atoms with E-state index in [1.54, 1.807) is 17.0 Å². The number of halogens is 1. The molecule has 3 aromatic rings. The van der Waals surface area contributed by atoms with Crippen LogP contribution >= 0.6 is 11.5 Å². The number of amides is 1. The first kappa shape index (κ1) is 20.2. The van der Waals surface area contributed by atoms with E-state index in [1.165, 1.54) is 29.2 Å². The molecule has 1 aromatic heterocycles. The highest BCUT2D eigenvalue weighted by atomic mass is 32.1. The minimum absolute atomic E-state index is 0.0679. The summed E-state index contributed by atoms with van der Waals surface area (Å²) in [6, 6.07) is 14.5. The summed E-state index contributed by atoms with van der Waals surface area (Å²) in [7, 11) is 0. The minimum atomic E-state index is -0.300. The molecule has 1 spiro atoms. The van der Waals surface area contributed by atoms with Crippen LogP contribution in [0.1, 0.15) is 12.0 Å². The highest BCUT2D eigenvalue weighted by Gasteiger charge is 2.46. The van der Waals surface area contributed by atoms with Gasteiger partial charge in [-0.15, -0.1) is 5.10 Å². The SMILES string of the molecule is O=C1CC2(COCCN(Cc3ccc(-c4csnn4)cc3)C2)CN1c1ccc(F)cc1. The molecule has 8 heteroatoms. The Bertz CT molecular complexity index is 1040. The Balaban J connectivity index is 1.29. The summed E-state index contributed by atoms with van der Waals surface area (Å²) < 4.78 is 23.1. The van der Waals surface area contributed by atoms with Gasteiger partial charge in [0, 0.05) is 54.6 Å². The molecule has 2 aliphatic heterocycles. The van der Waals surface area contributed by atoms with Crippen molar-refractivity contribution in [3.63, 3.8) is 0 Å². The second-order valence-electron chi connectivity index (χ2n) is 8.38. The summed E-state index contributed by atoms with van der Waals surface area (Å²) in [6.07, 6.45) is 0.441. The van der Waals surface area contributed by atoms with Gasteiger partial charge in [-0.2, -0.15) is 0 Å². The number of carbonyl (C=O) groups excluding carboxylic acids is 1. The van der Waals surface area contributed by atoms with Gasteiger partial charge in [0.05, 0.1) is 13.2 Å². The maximum Gasteiger partial charge on any atom is 0.227 e. The normalized spacial score (nSPS) is 22.2. The molecule has 0 aliphatic carbocycles. The van der Waals surface area contributed by atoms with Crippen molar-refractivity contribution in [2.24, 2.45) is 5.41 Å². The predicted octanol–water partition coefficient (Wildman–Crippen LogP) is 3.60. The summed E-state index contributed by atoms with van der Waals surface area (Å²) in [5, 5.41) is 6.06. The van der Waals surface area contributed by atoms with E-state index in [0.29, 0.717) is 26.2 Å². The zero-order chi connectivity index (χ0) is 21.3. The summed E-state index contributed by atoms with van der Waals surface area (Å²) >= 11 is 1.35. The van der Waals surface area contributed by atoms with Crippen molar-refractivity contribution < 1.29 is 13.9 Å². The lowest BCUT2D eigenvalue weighted by atomic mass is 9.87. The molecule has 2 saturated heterocycles. The monoisotopic (exact) mass is 438 g/mol. The number of nitrogens with zero attached hydrogens (tertiary/aromatic N) is 4. The minimum Gasteiger partial charge on any atom is -0.379 e. The van der Waals surface area contributed by atoms with Crippen molar-refractivity contribution >= 4 is 23.1 Å². The van der Waals surface area contributed by atoms with Crippen LogP contribution in [0, 0.1) is 11.2 Å². The van der Waals surface area contributed by atoms with Crippen molar-refractivity contribution in [2.75, 3.05) is 37.7 Å². The third-order valence-electron chi connectivity index (χ3n) is 5.99.